The Hall–Kier alpha value is -5.59. The zero-order valence-corrected chi connectivity index (χ0v) is 48.2. The van der Waals surface area contributed by atoms with Crippen LogP contribution in [0, 0.1) is 17.5 Å². The normalized spacial score (nSPS) is 11.1. The van der Waals surface area contributed by atoms with Gasteiger partial charge in [0.1, 0.15) is 11.5 Å². The second kappa shape index (κ2) is 43.2. The molecule has 0 bridgehead atoms. The van der Waals surface area contributed by atoms with Crippen LogP contribution in [0.5, 0.6) is 23.0 Å². The van der Waals surface area contributed by atoms with Crippen LogP contribution in [0.4, 0.5) is 13.2 Å². The van der Waals surface area contributed by atoms with Crippen molar-refractivity contribution in [2.24, 2.45) is 0 Å². The van der Waals surface area contributed by atoms with Crippen molar-refractivity contribution < 1.29 is 60.8 Å². The second-order valence-electron chi connectivity index (χ2n) is 21.2. The molecule has 0 spiro atoms. The first-order valence-corrected chi connectivity index (χ1v) is 30.1. The van der Waals surface area contributed by atoms with Crippen molar-refractivity contribution in [3.63, 3.8) is 0 Å². The largest absolute Gasteiger partial charge is 0.494 e. The number of carbonyl (C=O) groups excluding carboxylic acids is 4. The van der Waals surface area contributed by atoms with Gasteiger partial charge in [-0.3, -0.25) is 0 Å². The number of unbranched alkanes of at least 4 members (excludes halogenated alkanes) is 32. The van der Waals surface area contributed by atoms with Crippen molar-refractivity contribution in [2.75, 3.05) is 26.4 Å². The summed E-state index contributed by atoms with van der Waals surface area (Å²) >= 11 is 0. The van der Waals surface area contributed by atoms with Gasteiger partial charge in [-0.1, -0.05) is 206 Å². The standard InChI is InChI=1S/C66H95F3O10/c1-52(2)63(70)76-49-37-33-29-25-21-17-13-9-5-7-11-15-19-23-27-31-35-47-74-56-43-39-54(40-44-56)65(72)78-59-51-58(67)62(61(69)60(59)68)79-66(73)55-41-45-57(46-42-55)75-48-36-32-28-24-20-16-12-8-6-10-14-18-22-26-30-34-38-50-77-64(71)53(3)4/h39-46,51H,1,3,5-38,47-50H2,2,4H3. The Morgan fingerprint density at radius 3 is 0.924 bits per heavy atom. The highest BCUT2D eigenvalue weighted by molar-refractivity contribution is 5.92. The Labute approximate surface area is 472 Å². The third-order valence-electron chi connectivity index (χ3n) is 13.9. The molecule has 0 radical (unpaired) electrons. The first-order valence-electron chi connectivity index (χ1n) is 30.1. The number of hydrogen-bond acceptors (Lipinski definition) is 10. The average Bonchev–Trinajstić information content (AvgIpc) is 3.45. The molecule has 0 unspecified atom stereocenters. The number of rotatable bonds is 48. The van der Waals surface area contributed by atoms with Crippen LogP contribution < -0.4 is 18.9 Å². The van der Waals surface area contributed by atoms with Gasteiger partial charge in [0.2, 0.25) is 17.4 Å². The third kappa shape index (κ3) is 31.7. The van der Waals surface area contributed by atoms with Crippen LogP contribution >= 0.6 is 0 Å². The van der Waals surface area contributed by atoms with Crippen LogP contribution in [0.2, 0.25) is 0 Å². The minimum Gasteiger partial charge on any atom is -0.494 e. The minimum atomic E-state index is -1.81. The maximum Gasteiger partial charge on any atom is 0.343 e. The Morgan fingerprint density at radius 1 is 0.367 bits per heavy atom. The summed E-state index contributed by atoms with van der Waals surface area (Å²) in [6.07, 6.45) is 40.7. The molecule has 3 aromatic rings. The maximum absolute atomic E-state index is 15.1. The summed E-state index contributed by atoms with van der Waals surface area (Å²) in [6, 6.07) is 12.4. The Bertz CT molecular complexity index is 2190. The molecule has 0 N–H and O–H groups in total. The van der Waals surface area contributed by atoms with Crippen LogP contribution in [-0.4, -0.2) is 50.3 Å². The monoisotopic (exact) mass is 1100 g/mol. The van der Waals surface area contributed by atoms with E-state index in [0.717, 1.165) is 64.2 Å². The number of benzene rings is 3. The van der Waals surface area contributed by atoms with Crippen LogP contribution in [0.25, 0.3) is 0 Å². The number of hydrogen-bond donors (Lipinski definition) is 0. The average molecular weight is 1110 g/mol. The van der Waals surface area contributed by atoms with Gasteiger partial charge in [0.05, 0.1) is 37.6 Å². The number of ether oxygens (including phenoxy) is 6. The molecule has 0 amide bonds. The molecule has 0 aromatic heterocycles. The van der Waals surface area contributed by atoms with Gasteiger partial charge in [-0.2, -0.15) is 8.78 Å². The topological polar surface area (TPSA) is 124 Å². The van der Waals surface area contributed by atoms with Gasteiger partial charge in [0, 0.05) is 17.2 Å². The molecule has 79 heavy (non-hydrogen) atoms. The first kappa shape index (κ1) is 67.7. The maximum atomic E-state index is 15.1. The van der Waals surface area contributed by atoms with E-state index in [0.29, 0.717) is 55.1 Å². The predicted octanol–water partition coefficient (Wildman–Crippen LogP) is 18.8. The molecule has 0 atom stereocenters. The number of carbonyl (C=O) groups is 4. The summed E-state index contributed by atoms with van der Waals surface area (Å²) in [4.78, 5) is 48.3. The van der Waals surface area contributed by atoms with Crippen molar-refractivity contribution in [2.45, 2.75) is 232 Å². The summed E-state index contributed by atoms with van der Waals surface area (Å²) in [5, 5.41) is 0. The van der Waals surface area contributed by atoms with Crippen molar-refractivity contribution in [3.8, 4) is 23.0 Å². The lowest BCUT2D eigenvalue weighted by Crippen LogP contribution is -2.14. The van der Waals surface area contributed by atoms with Crippen LogP contribution in [0.1, 0.15) is 253 Å². The summed E-state index contributed by atoms with van der Waals surface area (Å²) < 4.78 is 77.0. The highest BCUT2D eigenvalue weighted by Crippen LogP contribution is 2.33. The van der Waals surface area contributed by atoms with Crippen LogP contribution in [0.3, 0.4) is 0 Å². The highest BCUT2D eigenvalue weighted by Gasteiger charge is 2.26. The van der Waals surface area contributed by atoms with E-state index in [-0.39, 0.29) is 23.1 Å². The van der Waals surface area contributed by atoms with E-state index in [1.807, 2.05) is 0 Å². The van der Waals surface area contributed by atoms with Gasteiger partial charge < -0.3 is 28.4 Å². The van der Waals surface area contributed by atoms with E-state index < -0.39 is 40.9 Å². The lowest BCUT2D eigenvalue weighted by molar-refractivity contribution is -0.139. The summed E-state index contributed by atoms with van der Waals surface area (Å²) in [5.74, 6) is -8.82. The molecular formula is C66H95F3O10. The molecule has 0 heterocycles. The Kier molecular flexibility index (Phi) is 37.0. The van der Waals surface area contributed by atoms with Gasteiger partial charge in [-0.05, 0) is 88.1 Å². The van der Waals surface area contributed by atoms with Gasteiger partial charge >= 0.3 is 23.9 Å². The van der Waals surface area contributed by atoms with Gasteiger partial charge in [0.25, 0.3) is 0 Å². The molecule has 0 aliphatic rings. The molecular weight excluding hydrogens is 1010 g/mol. The summed E-state index contributed by atoms with van der Waals surface area (Å²) in [7, 11) is 0. The van der Waals surface area contributed by atoms with E-state index in [4.69, 9.17) is 28.4 Å². The molecule has 13 heteroatoms. The Balaban J connectivity index is 1.16. The molecule has 0 saturated carbocycles. The lowest BCUT2D eigenvalue weighted by atomic mass is 10.0. The van der Waals surface area contributed by atoms with E-state index in [2.05, 4.69) is 13.2 Å². The zero-order valence-electron chi connectivity index (χ0n) is 48.2. The highest BCUT2D eigenvalue weighted by atomic mass is 19.2. The molecule has 0 aliphatic heterocycles. The van der Waals surface area contributed by atoms with Crippen molar-refractivity contribution in [3.05, 3.63) is 107 Å². The lowest BCUT2D eigenvalue weighted by Gasteiger charge is -2.12. The first-order chi connectivity index (χ1) is 38.4. The van der Waals surface area contributed by atoms with E-state index in [9.17, 15) is 19.2 Å². The van der Waals surface area contributed by atoms with E-state index in [1.165, 1.54) is 178 Å². The van der Waals surface area contributed by atoms with Crippen LogP contribution in [-0.2, 0) is 19.1 Å². The molecule has 0 aliphatic carbocycles. The number of halogens is 3. The van der Waals surface area contributed by atoms with Crippen LogP contribution in [0.15, 0.2) is 78.9 Å². The molecule has 3 aromatic carbocycles. The minimum absolute atomic E-state index is 0.0177. The Morgan fingerprint density at radius 2 is 0.633 bits per heavy atom. The third-order valence-corrected chi connectivity index (χ3v) is 13.9. The van der Waals surface area contributed by atoms with E-state index >= 15 is 13.2 Å². The molecule has 3 rings (SSSR count). The fourth-order valence-corrected chi connectivity index (χ4v) is 9.08. The predicted molar refractivity (Wildman–Crippen MR) is 309 cm³/mol. The molecule has 0 fully saturated rings. The van der Waals surface area contributed by atoms with Gasteiger partial charge in [-0.15, -0.1) is 0 Å². The quantitative estimate of drug-likeness (QED) is 0.0177. The molecule has 440 valence electrons. The number of esters is 4. The smallest absolute Gasteiger partial charge is 0.343 e. The van der Waals surface area contributed by atoms with Crippen molar-refractivity contribution in [1.82, 2.24) is 0 Å². The SMILES string of the molecule is C=C(C)C(=O)OCCCCCCCCCCCCCCCCCCCOc1ccc(C(=O)Oc2cc(F)c(OC(=O)c3ccc(OCCCCCCCCCCCCCCCCCCCOC(=O)C(=C)C)cc3)c(F)c2F)cc1. The zero-order chi connectivity index (χ0) is 57.1. The van der Waals surface area contributed by atoms with Gasteiger partial charge in [-0.25, -0.2) is 23.6 Å². The molecule has 10 nitrogen and oxygen atoms in total. The fraction of sp³-hybridized carbons (Fsp3) is 0.606. The summed E-state index contributed by atoms with van der Waals surface area (Å²) in [5.41, 5.74) is 0.898. The molecule has 0 saturated heterocycles. The second-order valence-corrected chi connectivity index (χ2v) is 21.2. The van der Waals surface area contributed by atoms with Gasteiger partial charge in [0.15, 0.2) is 11.6 Å². The van der Waals surface area contributed by atoms with Crippen molar-refractivity contribution >= 4 is 23.9 Å². The van der Waals surface area contributed by atoms with Crippen molar-refractivity contribution in [1.29, 1.82) is 0 Å². The fourth-order valence-electron chi connectivity index (χ4n) is 9.08. The van der Waals surface area contributed by atoms with E-state index in [1.54, 1.807) is 38.1 Å². The summed E-state index contributed by atoms with van der Waals surface area (Å²) in [6.45, 7) is 12.5.